The quantitative estimate of drug-likeness (QED) is 0.161. The average Bonchev–Trinajstić information content (AvgIpc) is 3.57. The summed E-state index contributed by atoms with van der Waals surface area (Å²) in [6, 6.07) is 0. The van der Waals surface area contributed by atoms with Crippen LogP contribution in [0, 0.1) is 0 Å². The van der Waals surface area contributed by atoms with Gasteiger partial charge in [-0.1, -0.05) is 11.8 Å². The third-order valence-corrected chi connectivity index (χ3v) is 6.26. The maximum Gasteiger partial charge on any atom is 0.105 e. The van der Waals surface area contributed by atoms with Gasteiger partial charge >= 0.3 is 0 Å². The van der Waals surface area contributed by atoms with Gasteiger partial charge in [-0.25, -0.2) is 0 Å². The van der Waals surface area contributed by atoms with Gasteiger partial charge in [0.2, 0.25) is 0 Å². The number of hydrogen-bond acceptors (Lipinski definition) is 9. The summed E-state index contributed by atoms with van der Waals surface area (Å²) < 4.78 is 44.5. The van der Waals surface area contributed by atoms with Gasteiger partial charge in [-0.2, -0.15) is 0 Å². The van der Waals surface area contributed by atoms with Gasteiger partial charge in [0.25, 0.3) is 0 Å². The molecule has 4 saturated heterocycles. The molecule has 4 rings (SSSR count). The summed E-state index contributed by atoms with van der Waals surface area (Å²) in [6.45, 7) is 7.47. The van der Waals surface area contributed by atoms with Gasteiger partial charge in [-0.3, -0.25) is 0 Å². The normalized spacial score (nSPS) is 31.4. The maximum absolute atomic E-state index is 6.12. The highest BCUT2D eigenvalue weighted by atomic mass is 32.2. The van der Waals surface area contributed by atoms with E-state index in [-0.39, 0.29) is 23.1 Å². The first kappa shape index (κ1) is 22.2. The van der Waals surface area contributed by atoms with E-state index in [1.807, 2.05) is 0 Å². The lowest BCUT2D eigenvalue weighted by Crippen LogP contribution is -2.21. The molecule has 0 spiro atoms. The fourth-order valence-electron chi connectivity index (χ4n) is 2.77. The molecule has 0 amide bonds. The molecule has 0 aromatic rings. The molecule has 168 valence electrons. The average molecular weight is 435 g/mol. The molecular weight excluding hydrogens is 400 g/mol. The number of thioether (sulfide) groups is 1. The van der Waals surface area contributed by atoms with Gasteiger partial charge < -0.3 is 37.9 Å². The summed E-state index contributed by atoms with van der Waals surface area (Å²) in [5.41, 5.74) is 0.150. The topological polar surface area (TPSA) is 87.0 Å². The van der Waals surface area contributed by atoms with Gasteiger partial charge in [0.1, 0.15) is 35.3 Å². The summed E-state index contributed by atoms with van der Waals surface area (Å²) in [5, 5.41) is 0. The van der Waals surface area contributed by atoms with E-state index in [2.05, 4.69) is 0 Å². The predicted molar refractivity (Wildman–Crippen MR) is 106 cm³/mol. The van der Waals surface area contributed by atoms with Crippen molar-refractivity contribution in [1.29, 1.82) is 0 Å². The standard InChI is InChI=1S/C20H34O8S/c1(5-21-7-15-9-23-15)3-19(27-13-17-11-25-17)29-20(28-14-18-12-26-18)4-2-6-22-8-16-10-24-16/h15-20H,1-14H2. The smallest absolute Gasteiger partial charge is 0.105 e. The molecule has 6 unspecified atom stereocenters. The third-order valence-electron chi connectivity index (χ3n) is 4.91. The van der Waals surface area contributed by atoms with Crippen LogP contribution in [0.2, 0.25) is 0 Å². The summed E-state index contributed by atoms with van der Waals surface area (Å²) in [6.07, 6.45) is 4.94. The fraction of sp³-hybridized carbons (Fsp3) is 1.00. The molecule has 0 aromatic heterocycles. The van der Waals surface area contributed by atoms with Crippen molar-refractivity contribution < 1.29 is 37.9 Å². The van der Waals surface area contributed by atoms with Crippen molar-refractivity contribution in [3.63, 3.8) is 0 Å². The van der Waals surface area contributed by atoms with E-state index >= 15 is 0 Å². The molecule has 0 radical (unpaired) electrons. The molecule has 8 nitrogen and oxygen atoms in total. The van der Waals surface area contributed by atoms with Crippen LogP contribution in [0.5, 0.6) is 0 Å². The lowest BCUT2D eigenvalue weighted by Gasteiger charge is -2.24. The highest BCUT2D eigenvalue weighted by Crippen LogP contribution is 2.29. The van der Waals surface area contributed by atoms with Crippen LogP contribution < -0.4 is 0 Å². The van der Waals surface area contributed by atoms with Crippen molar-refractivity contribution in [2.75, 3.05) is 66.1 Å². The molecule has 4 aliphatic rings. The van der Waals surface area contributed by atoms with Gasteiger partial charge in [0, 0.05) is 13.2 Å². The highest BCUT2D eigenvalue weighted by Gasteiger charge is 2.28. The number of hydrogen-bond donors (Lipinski definition) is 0. The van der Waals surface area contributed by atoms with Crippen LogP contribution in [0.1, 0.15) is 25.7 Å². The van der Waals surface area contributed by atoms with Crippen molar-refractivity contribution in [1.82, 2.24) is 0 Å². The van der Waals surface area contributed by atoms with Gasteiger partial charge in [-0.15, -0.1) is 0 Å². The molecule has 0 aliphatic carbocycles. The minimum absolute atomic E-state index is 0.0749. The summed E-state index contributed by atoms with van der Waals surface area (Å²) >= 11 is 1.77. The lowest BCUT2D eigenvalue weighted by molar-refractivity contribution is 0.0591. The van der Waals surface area contributed by atoms with Crippen LogP contribution in [0.3, 0.4) is 0 Å². The molecule has 0 bridgehead atoms. The van der Waals surface area contributed by atoms with Crippen molar-refractivity contribution in [2.24, 2.45) is 0 Å². The Balaban J connectivity index is 1.14. The Bertz CT molecular complexity index is 414. The zero-order chi connectivity index (χ0) is 19.7. The van der Waals surface area contributed by atoms with E-state index in [9.17, 15) is 0 Å². The largest absolute Gasteiger partial charge is 0.379 e. The fourth-order valence-corrected chi connectivity index (χ4v) is 4.03. The summed E-state index contributed by atoms with van der Waals surface area (Å²) in [5.74, 6) is 0. The van der Waals surface area contributed by atoms with Crippen LogP contribution in [0.15, 0.2) is 0 Å². The predicted octanol–water partition coefficient (Wildman–Crippen LogP) is 1.59. The first-order valence-electron chi connectivity index (χ1n) is 10.9. The Kier molecular flexibility index (Phi) is 9.33. The first-order valence-corrected chi connectivity index (χ1v) is 11.8. The molecule has 29 heavy (non-hydrogen) atoms. The Labute approximate surface area is 177 Å². The van der Waals surface area contributed by atoms with Gasteiger partial charge in [-0.05, 0) is 25.7 Å². The lowest BCUT2D eigenvalue weighted by atomic mass is 10.3. The Hall–Kier alpha value is 0.0300. The van der Waals surface area contributed by atoms with Crippen LogP contribution in [0.4, 0.5) is 0 Å². The van der Waals surface area contributed by atoms with E-state index in [1.54, 1.807) is 11.8 Å². The van der Waals surface area contributed by atoms with Crippen LogP contribution in [-0.2, 0) is 37.9 Å². The number of rotatable bonds is 20. The molecule has 0 aromatic carbocycles. The Morgan fingerprint density at radius 1 is 0.621 bits per heavy atom. The SMILES string of the molecule is C(COCC1CO1)CC(OCC1CO1)SC(CCCOCC1CO1)OCC1CO1. The second-order valence-corrected chi connectivity index (χ2v) is 9.24. The molecular formula is C20H34O8S. The zero-order valence-electron chi connectivity index (χ0n) is 17.0. The molecule has 4 fully saturated rings. The molecule has 4 aliphatic heterocycles. The second kappa shape index (κ2) is 12.2. The Morgan fingerprint density at radius 2 is 1.00 bits per heavy atom. The second-order valence-electron chi connectivity index (χ2n) is 7.92. The van der Waals surface area contributed by atoms with Crippen molar-refractivity contribution in [3.8, 4) is 0 Å². The van der Waals surface area contributed by atoms with E-state index in [0.29, 0.717) is 38.6 Å². The van der Waals surface area contributed by atoms with Crippen LogP contribution in [-0.4, -0.2) is 101 Å². The van der Waals surface area contributed by atoms with E-state index in [4.69, 9.17) is 37.9 Å². The molecule has 4 heterocycles. The van der Waals surface area contributed by atoms with E-state index in [0.717, 1.165) is 65.3 Å². The maximum atomic E-state index is 6.12. The monoisotopic (exact) mass is 434 g/mol. The van der Waals surface area contributed by atoms with Crippen LogP contribution in [0.25, 0.3) is 0 Å². The zero-order valence-corrected chi connectivity index (χ0v) is 17.9. The van der Waals surface area contributed by atoms with E-state index < -0.39 is 0 Å². The first-order chi connectivity index (χ1) is 14.3. The van der Waals surface area contributed by atoms with Crippen molar-refractivity contribution in [2.45, 2.75) is 61.0 Å². The van der Waals surface area contributed by atoms with Crippen LogP contribution >= 0.6 is 11.8 Å². The molecule has 9 heteroatoms. The number of ether oxygens (including phenoxy) is 8. The third kappa shape index (κ3) is 10.8. The Morgan fingerprint density at radius 3 is 1.38 bits per heavy atom. The minimum atomic E-state index is 0.0749. The number of epoxide rings is 4. The minimum Gasteiger partial charge on any atom is -0.379 e. The van der Waals surface area contributed by atoms with E-state index in [1.165, 1.54) is 0 Å². The summed E-state index contributed by atoms with van der Waals surface area (Å²) in [7, 11) is 0. The molecule has 6 atom stereocenters. The van der Waals surface area contributed by atoms with Crippen molar-refractivity contribution >= 4 is 11.8 Å². The summed E-state index contributed by atoms with van der Waals surface area (Å²) in [4.78, 5) is 0. The molecule has 0 N–H and O–H groups in total. The van der Waals surface area contributed by atoms with Gasteiger partial charge in [0.15, 0.2) is 0 Å². The molecule has 0 saturated carbocycles. The van der Waals surface area contributed by atoms with Crippen molar-refractivity contribution in [3.05, 3.63) is 0 Å². The highest BCUT2D eigenvalue weighted by molar-refractivity contribution is 8.00. The van der Waals surface area contributed by atoms with Gasteiger partial charge in [0.05, 0.1) is 52.9 Å².